The van der Waals surface area contributed by atoms with Crippen LogP contribution in [-0.4, -0.2) is 42.0 Å². The smallest absolute Gasteiger partial charge is 0.307 e. The van der Waals surface area contributed by atoms with Gasteiger partial charge in [-0.1, -0.05) is 41.7 Å². The van der Waals surface area contributed by atoms with Crippen LogP contribution in [-0.2, 0) is 28.3 Å². The van der Waals surface area contributed by atoms with Crippen molar-refractivity contribution >= 4 is 43.2 Å². The second kappa shape index (κ2) is 9.56. The van der Waals surface area contributed by atoms with E-state index >= 15 is 0 Å². The van der Waals surface area contributed by atoms with E-state index in [0.29, 0.717) is 37.9 Å². The van der Waals surface area contributed by atoms with Crippen molar-refractivity contribution in [1.29, 1.82) is 0 Å². The van der Waals surface area contributed by atoms with Gasteiger partial charge < -0.3 is 9.88 Å². The Balaban J connectivity index is 1.36. The van der Waals surface area contributed by atoms with E-state index in [9.17, 15) is 18.0 Å². The van der Waals surface area contributed by atoms with Crippen molar-refractivity contribution in [3.63, 3.8) is 0 Å². The zero-order valence-electron chi connectivity index (χ0n) is 18.0. The maximum Gasteiger partial charge on any atom is 0.307 e. The second-order valence-electron chi connectivity index (χ2n) is 8.20. The summed E-state index contributed by atoms with van der Waals surface area (Å²) in [5.74, 6) is -0.491. The Labute approximate surface area is 191 Å². The molecular weight excluding hydrogens is 446 g/mol. The van der Waals surface area contributed by atoms with Crippen LogP contribution in [0.2, 0.25) is 0 Å². The predicted octanol–water partition coefficient (Wildman–Crippen LogP) is 3.21. The van der Waals surface area contributed by atoms with E-state index in [-0.39, 0.29) is 23.1 Å². The van der Waals surface area contributed by atoms with Gasteiger partial charge in [0.15, 0.2) is 0 Å². The van der Waals surface area contributed by atoms with Gasteiger partial charge in [-0.05, 0) is 49.4 Å². The van der Waals surface area contributed by atoms with Gasteiger partial charge in [-0.2, -0.15) is 0 Å². The number of benzene rings is 2. The molecule has 0 saturated carbocycles. The molecule has 1 aliphatic rings. The fourth-order valence-corrected chi connectivity index (χ4v) is 6.60. The molecule has 1 fully saturated rings. The van der Waals surface area contributed by atoms with E-state index in [1.165, 1.54) is 4.31 Å². The number of rotatable bonds is 7. The molecule has 3 aromatic rings. The molecule has 1 amide bonds. The summed E-state index contributed by atoms with van der Waals surface area (Å²) < 4.78 is 29.5. The van der Waals surface area contributed by atoms with Crippen LogP contribution < -0.4 is 10.2 Å². The Hall–Kier alpha value is -2.49. The predicted molar refractivity (Wildman–Crippen MR) is 129 cm³/mol. The van der Waals surface area contributed by atoms with Gasteiger partial charge >= 0.3 is 4.87 Å². The number of amides is 1. The summed E-state index contributed by atoms with van der Waals surface area (Å²) in [6.07, 6.45) is 2.59. The van der Waals surface area contributed by atoms with Crippen LogP contribution in [0.1, 0.15) is 24.8 Å². The number of piperidine rings is 1. The summed E-state index contributed by atoms with van der Waals surface area (Å²) in [7, 11) is -1.69. The van der Waals surface area contributed by atoms with Gasteiger partial charge in [-0.3, -0.25) is 9.59 Å². The van der Waals surface area contributed by atoms with Crippen molar-refractivity contribution in [2.75, 3.05) is 24.2 Å². The van der Waals surface area contributed by atoms with Crippen LogP contribution in [0.25, 0.3) is 10.2 Å². The van der Waals surface area contributed by atoms with Gasteiger partial charge in [0.2, 0.25) is 15.9 Å². The van der Waals surface area contributed by atoms with Crippen LogP contribution in [0, 0.1) is 5.92 Å². The maximum atomic E-state index is 12.9. The number of hydrogen-bond donors (Lipinski definition) is 1. The Morgan fingerprint density at radius 2 is 1.97 bits per heavy atom. The first-order valence-corrected chi connectivity index (χ1v) is 13.2. The Morgan fingerprint density at radius 3 is 2.75 bits per heavy atom. The molecule has 0 spiro atoms. The lowest BCUT2D eigenvalue weighted by Crippen LogP contribution is -2.44. The number of hydrogen-bond acceptors (Lipinski definition) is 5. The van der Waals surface area contributed by atoms with Crippen molar-refractivity contribution in [2.45, 2.75) is 25.7 Å². The second-order valence-corrected chi connectivity index (χ2v) is 11.3. The molecule has 0 aliphatic carbocycles. The fraction of sp³-hybridized carbons (Fsp3) is 0.391. The minimum Gasteiger partial charge on any atom is -0.326 e. The van der Waals surface area contributed by atoms with Gasteiger partial charge in [-0.15, -0.1) is 0 Å². The minimum absolute atomic E-state index is 0.0520. The highest BCUT2D eigenvalue weighted by molar-refractivity contribution is 7.89. The quantitative estimate of drug-likeness (QED) is 0.571. The number of anilines is 1. The number of carbonyl (C=O) groups excluding carboxylic acids is 1. The molecule has 2 heterocycles. The first-order chi connectivity index (χ1) is 15.3. The summed E-state index contributed by atoms with van der Waals surface area (Å²) in [6.45, 7) is 0.668. The zero-order valence-corrected chi connectivity index (χ0v) is 19.6. The molecule has 0 bridgehead atoms. The Bertz CT molecular complexity index is 1270. The number of thiazole rings is 1. The van der Waals surface area contributed by atoms with Crippen LogP contribution in [0.4, 0.5) is 5.69 Å². The molecule has 1 saturated heterocycles. The lowest BCUT2D eigenvalue weighted by Gasteiger charge is -2.31. The summed E-state index contributed by atoms with van der Waals surface area (Å²) in [6, 6.07) is 15.2. The van der Waals surface area contributed by atoms with E-state index in [2.05, 4.69) is 5.32 Å². The number of aryl methyl sites for hydroxylation is 2. The molecule has 1 aromatic heterocycles. The summed E-state index contributed by atoms with van der Waals surface area (Å²) in [5, 5.41) is 2.90. The van der Waals surface area contributed by atoms with E-state index < -0.39 is 15.9 Å². The third kappa shape index (κ3) is 5.11. The average molecular weight is 474 g/mol. The van der Waals surface area contributed by atoms with Gasteiger partial charge in [0, 0.05) is 25.8 Å². The molecule has 0 radical (unpaired) electrons. The largest absolute Gasteiger partial charge is 0.326 e. The number of fused-ring (bicyclic) bond motifs is 1. The highest BCUT2D eigenvalue weighted by atomic mass is 32.2. The molecule has 9 heteroatoms. The van der Waals surface area contributed by atoms with Crippen molar-refractivity contribution in [3.8, 4) is 0 Å². The molecule has 32 heavy (non-hydrogen) atoms. The van der Waals surface area contributed by atoms with Crippen LogP contribution >= 0.6 is 11.3 Å². The molecule has 170 valence electrons. The Morgan fingerprint density at radius 1 is 1.19 bits per heavy atom. The summed E-state index contributed by atoms with van der Waals surface area (Å²) >= 11 is 1.13. The SMILES string of the molecule is Cn1c(=O)sc2cc(NC(=O)C3CCCN(S(=O)(=O)CCCc4ccccc4)C3)ccc21. The lowest BCUT2D eigenvalue weighted by molar-refractivity contribution is -0.120. The van der Waals surface area contributed by atoms with E-state index in [1.807, 2.05) is 36.4 Å². The van der Waals surface area contributed by atoms with E-state index in [4.69, 9.17) is 0 Å². The van der Waals surface area contributed by atoms with Gasteiger partial charge in [-0.25, -0.2) is 12.7 Å². The van der Waals surface area contributed by atoms with E-state index in [0.717, 1.165) is 27.1 Å². The van der Waals surface area contributed by atoms with Crippen molar-refractivity contribution in [2.24, 2.45) is 13.0 Å². The molecule has 1 N–H and O–H groups in total. The maximum absolute atomic E-state index is 12.9. The number of nitrogens with one attached hydrogen (secondary N) is 1. The molecule has 2 aromatic carbocycles. The molecule has 7 nitrogen and oxygen atoms in total. The van der Waals surface area contributed by atoms with Crippen LogP contribution in [0.5, 0.6) is 0 Å². The van der Waals surface area contributed by atoms with Crippen molar-refractivity contribution in [1.82, 2.24) is 8.87 Å². The minimum atomic E-state index is -3.41. The number of nitrogens with zero attached hydrogens (tertiary/aromatic N) is 2. The third-order valence-electron chi connectivity index (χ3n) is 5.92. The van der Waals surface area contributed by atoms with Crippen molar-refractivity contribution in [3.05, 3.63) is 63.8 Å². The van der Waals surface area contributed by atoms with Gasteiger partial charge in [0.1, 0.15) is 0 Å². The number of sulfonamides is 1. The van der Waals surface area contributed by atoms with Crippen LogP contribution in [0.15, 0.2) is 53.3 Å². The van der Waals surface area contributed by atoms with Crippen LogP contribution in [0.3, 0.4) is 0 Å². The normalized spacial score (nSPS) is 17.5. The third-order valence-corrected chi connectivity index (χ3v) is 8.84. The monoisotopic (exact) mass is 473 g/mol. The fourth-order valence-electron chi connectivity index (χ4n) is 4.10. The topological polar surface area (TPSA) is 88.5 Å². The van der Waals surface area contributed by atoms with E-state index in [1.54, 1.807) is 23.7 Å². The molecule has 1 aliphatic heterocycles. The Kier molecular flexibility index (Phi) is 6.78. The average Bonchev–Trinajstić information content (AvgIpc) is 3.07. The standard InChI is InChI=1S/C23H27N3O4S2/c1-25-20-12-11-19(15-21(20)31-23(25)28)24-22(27)18-10-5-13-26(16-18)32(29,30)14-6-9-17-7-3-2-4-8-17/h2-4,7-8,11-12,15,18H,5-6,9-10,13-14,16H2,1H3,(H,24,27). The number of carbonyl (C=O) groups is 1. The molecule has 1 atom stereocenters. The van der Waals surface area contributed by atoms with Gasteiger partial charge in [0.05, 0.1) is 21.9 Å². The zero-order chi connectivity index (χ0) is 22.7. The molecular formula is C23H27N3O4S2. The molecule has 1 unspecified atom stereocenters. The first kappa shape index (κ1) is 22.7. The van der Waals surface area contributed by atoms with Gasteiger partial charge in [0.25, 0.3) is 0 Å². The lowest BCUT2D eigenvalue weighted by atomic mass is 9.98. The highest BCUT2D eigenvalue weighted by Crippen LogP contribution is 2.24. The molecule has 4 rings (SSSR count). The first-order valence-electron chi connectivity index (χ1n) is 10.8. The number of aromatic nitrogens is 1. The van der Waals surface area contributed by atoms with Crippen molar-refractivity contribution < 1.29 is 13.2 Å². The highest BCUT2D eigenvalue weighted by Gasteiger charge is 2.32. The summed E-state index contributed by atoms with van der Waals surface area (Å²) in [4.78, 5) is 24.6. The summed E-state index contributed by atoms with van der Waals surface area (Å²) in [5.41, 5.74) is 2.56.